The number of aromatic nitrogens is 1. The number of likely N-dealkylation sites (tertiary alicyclic amines) is 2. The summed E-state index contributed by atoms with van der Waals surface area (Å²) in [5, 5.41) is 3.57. The van der Waals surface area contributed by atoms with Crippen LogP contribution in [0.4, 0.5) is 0 Å². The molecule has 1 unspecified atom stereocenters. The molecule has 7 nitrogen and oxygen atoms in total. The maximum Gasteiger partial charge on any atom is 0.253 e. The first-order chi connectivity index (χ1) is 16.0. The van der Waals surface area contributed by atoms with Crippen LogP contribution in [0.25, 0.3) is 0 Å². The zero-order chi connectivity index (χ0) is 23.2. The predicted molar refractivity (Wildman–Crippen MR) is 125 cm³/mol. The number of amides is 3. The van der Waals surface area contributed by atoms with Crippen molar-refractivity contribution in [2.45, 2.75) is 32.2 Å². The summed E-state index contributed by atoms with van der Waals surface area (Å²) < 4.78 is 0. The molecule has 0 aliphatic carbocycles. The Labute approximate surface area is 199 Å². The van der Waals surface area contributed by atoms with Crippen molar-refractivity contribution in [3.63, 3.8) is 0 Å². The highest BCUT2D eigenvalue weighted by Gasteiger charge is 2.34. The van der Waals surface area contributed by atoms with Crippen molar-refractivity contribution in [3.8, 4) is 0 Å². The molecule has 3 heterocycles. The molecule has 1 aromatic carbocycles. The SMILES string of the molecule is O=C(NCc1cccnc1)C1CCN(C(=O)C2CCCN(C(=O)c3ccc(Cl)cc3)C2)CC1. The van der Waals surface area contributed by atoms with Crippen LogP contribution in [0, 0.1) is 11.8 Å². The van der Waals surface area contributed by atoms with Gasteiger partial charge in [-0.2, -0.15) is 0 Å². The number of carbonyl (C=O) groups excluding carboxylic acids is 3. The molecule has 1 N–H and O–H groups in total. The first-order valence-electron chi connectivity index (χ1n) is 11.5. The van der Waals surface area contributed by atoms with Gasteiger partial charge in [-0.25, -0.2) is 0 Å². The Morgan fingerprint density at radius 1 is 0.970 bits per heavy atom. The number of nitrogens with one attached hydrogen (secondary N) is 1. The minimum atomic E-state index is -0.189. The van der Waals surface area contributed by atoms with Crippen molar-refractivity contribution in [3.05, 3.63) is 64.9 Å². The molecule has 2 aromatic rings. The van der Waals surface area contributed by atoms with Crippen molar-refractivity contribution in [1.29, 1.82) is 0 Å². The van der Waals surface area contributed by atoms with Crippen LogP contribution in [0.2, 0.25) is 5.02 Å². The molecule has 4 rings (SSSR count). The third kappa shape index (κ3) is 5.90. The highest BCUT2D eigenvalue weighted by Crippen LogP contribution is 2.25. The molecular weight excluding hydrogens is 440 g/mol. The normalized spacial score (nSPS) is 19.2. The number of rotatable bonds is 5. The molecular formula is C25H29ClN4O3. The number of pyridine rings is 1. The van der Waals surface area contributed by atoms with Gasteiger partial charge in [-0.3, -0.25) is 19.4 Å². The van der Waals surface area contributed by atoms with Crippen molar-refractivity contribution in [2.24, 2.45) is 11.8 Å². The predicted octanol–water partition coefficient (Wildman–Crippen LogP) is 3.14. The van der Waals surface area contributed by atoms with Crippen LogP contribution in [0.1, 0.15) is 41.6 Å². The van der Waals surface area contributed by atoms with E-state index in [0.717, 1.165) is 18.4 Å². The molecule has 33 heavy (non-hydrogen) atoms. The lowest BCUT2D eigenvalue weighted by molar-refractivity contribution is -0.140. The van der Waals surface area contributed by atoms with Gasteiger partial charge in [-0.1, -0.05) is 17.7 Å². The van der Waals surface area contributed by atoms with Crippen LogP contribution in [0.15, 0.2) is 48.8 Å². The van der Waals surface area contributed by atoms with Crippen LogP contribution in [0.5, 0.6) is 0 Å². The zero-order valence-electron chi connectivity index (χ0n) is 18.6. The number of piperidine rings is 2. The van der Waals surface area contributed by atoms with Gasteiger partial charge in [0, 0.05) is 61.6 Å². The molecule has 8 heteroatoms. The second-order valence-electron chi connectivity index (χ2n) is 8.78. The van der Waals surface area contributed by atoms with Gasteiger partial charge in [0.1, 0.15) is 0 Å². The van der Waals surface area contributed by atoms with Gasteiger partial charge in [0.05, 0.1) is 5.92 Å². The Kier molecular flexibility index (Phi) is 7.60. The molecule has 2 aliphatic rings. The van der Waals surface area contributed by atoms with E-state index in [0.29, 0.717) is 56.2 Å². The second-order valence-corrected chi connectivity index (χ2v) is 9.21. The lowest BCUT2D eigenvalue weighted by Gasteiger charge is -2.37. The highest BCUT2D eigenvalue weighted by molar-refractivity contribution is 6.30. The first-order valence-corrected chi connectivity index (χ1v) is 11.9. The molecule has 2 fully saturated rings. The molecule has 0 bridgehead atoms. The van der Waals surface area contributed by atoms with E-state index in [-0.39, 0.29) is 29.6 Å². The number of carbonyl (C=O) groups is 3. The van der Waals surface area contributed by atoms with Crippen LogP contribution in [-0.2, 0) is 16.1 Å². The quantitative estimate of drug-likeness (QED) is 0.730. The third-order valence-corrected chi connectivity index (χ3v) is 6.77. The lowest BCUT2D eigenvalue weighted by atomic mass is 9.92. The number of nitrogens with zero attached hydrogens (tertiary/aromatic N) is 3. The fourth-order valence-corrected chi connectivity index (χ4v) is 4.72. The zero-order valence-corrected chi connectivity index (χ0v) is 19.3. The van der Waals surface area contributed by atoms with Crippen LogP contribution >= 0.6 is 11.6 Å². The minimum absolute atomic E-state index is 0.0309. The van der Waals surface area contributed by atoms with Gasteiger partial charge in [-0.05, 0) is 61.6 Å². The molecule has 3 amide bonds. The average Bonchev–Trinajstić information content (AvgIpc) is 2.87. The number of hydrogen-bond acceptors (Lipinski definition) is 4. The van der Waals surface area contributed by atoms with Crippen molar-refractivity contribution in [2.75, 3.05) is 26.2 Å². The fourth-order valence-electron chi connectivity index (χ4n) is 4.59. The summed E-state index contributed by atoms with van der Waals surface area (Å²) in [6.07, 6.45) is 6.36. The Bertz CT molecular complexity index is 975. The summed E-state index contributed by atoms with van der Waals surface area (Å²) in [5.41, 5.74) is 1.55. The van der Waals surface area contributed by atoms with E-state index in [1.165, 1.54) is 0 Å². The van der Waals surface area contributed by atoms with E-state index in [1.54, 1.807) is 41.6 Å². The molecule has 174 valence electrons. The van der Waals surface area contributed by atoms with Gasteiger partial charge in [-0.15, -0.1) is 0 Å². The summed E-state index contributed by atoms with van der Waals surface area (Å²) in [6, 6.07) is 10.6. The number of benzene rings is 1. The standard InChI is InChI=1S/C25H29ClN4O3/c26-22-7-5-20(6-8-22)24(32)30-12-2-4-21(17-30)25(33)29-13-9-19(10-14-29)23(31)28-16-18-3-1-11-27-15-18/h1,3,5-8,11,15,19,21H,2,4,9-10,12-14,16-17H2,(H,28,31). The monoisotopic (exact) mass is 468 g/mol. The fraction of sp³-hybridized carbons (Fsp3) is 0.440. The first kappa shape index (κ1) is 23.2. The summed E-state index contributed by atoms with van der Waals surface area (Å²) in [4.78, 5) is 46.2. The highest BCUT2D eigenvalue weighted by atomic mass is 35.5. The molecule has 0 spiro atoms. The smallest absolute Gasteiger partial charge is 0.253 e. The van der Waals surface area contributed by atoms with Gasteiger partial charge >= 0.3 is 0 Å². The second kappa shape index (κ2) is 10.8. The molecule has 2 aliphatic heterocycles. The van der Waals surface area contributed by atoms with Crippen LogP contribution in [-0.4, -0.2) is 58.7 Å². The average molecular weight is 469 g/mol. The summed E-state index contributed by atoms with van der Waals surface area (Å²) in [5.74, 6) is -0.208. The van der Waals surface area contributed by atoms with Crippen LogP contribution < -0.4 is 5.32 Å². The van der Waals surface area contributed by atoms with Crippen LogP contribution in [0.3, 0.4) is 0 Å². The molecule has 2 saturated heterocycles. The maximum absolute atomic E-state index is 13.2. The Morgan fingerprint density at radius 3 is 2.42 bits per heavy atom. The van der Waals surface area contributed by atoms with Crippen molar-refractivity contribution in [1.82, 2.24) is 20.1 Å². The van der Waals surface area contributed by atoms with E-state index >= 15 is 0 Å². The van der Waals surface area contributed by atoms with E-state index in [4.69, 9.17) is 11.6 Å². The van der Waals surface area contributed by atoms with Gasteiger partial charge in [0.15, 0.2) is 0 Å². The third-order valence-electron chi connectivity index (χ3n) is 6.52. The van der Waals surface area contributed by atoms with E-state index < -0.39 is 0 Å². The molecule has 0 saturated carbocycles. The van der Waals surface area contributed by atoms with Gasteiger partial charge < -0.3 is 15.1 Å². The Morgan fingerprint density at radius 2 is 1.73 bits per heavy atom. The number of halogens is 1. The summed E-state index contributed by atoms with van der Waals surface area (Å²) in [6.45, 7) is 2.71. The Hall–Kier alpha value is -2.93. The van der Waals surface area contributed by atoms with Gasteiger partial charge in [0.25, 0.3) is 5.91 Å². The van der Waals surface area contributed by atoms with Crippen molar-refractivity contribution < 1.29 is 14.4 Å². The summed E-state index contributed by atoms with van der Waals surface area (Å²) >= 11 is 5.93. The van der Waals surface area contributed by atoms with Crippen molar-refractivity contribution >= 4 is 29.3 Å². The Balaban J connectivity index is 1.26. The van der Waals surface area contributed by atoms with E-state index in [9.17, 15) is 14.4 Å². The van der Waals surface area contributed by atoms with E-state index in [1.807, 2.05) is 17.0 Å². The lowest BCUT2D eigenvalue weighted by Crippen LogP contribution is -2.49. The van der Waals surface area contributed by atoms with E-state index in [2.05, 4.69) is 10.3 Å². The largest absolute Gasteiger partial charge is 0.352 e. The number of hydrogen-bond donors (Lipinski definition) is 1. The maximum atomic E-state index is 13.2. The summed E-state index contributed by atoms with van der Waals surface area (Å²) in [7, 11) is 0. The molecule has 1 aromatic heterocycles. The topological polar surface area (TPSA) is 82.6 Å². The van der Waals surface area contributed by atoms with Gasteiger partial charge in [0.2, 0.25) is 11.8 Å². The molecule has 1 atom stereocenters. The molecule has 0 radical (unpaired) electrons. The minimum Gasteiger partial charge on any atom is -0.352 e.